The molecule has 0 saturated carbocycles. The Labute approximate surface area is 131 Å². The summed E-state index contributed by atoms with van der Waals surface area (Å²) in [5, 5.41) is 2.88. The molecule has 1 aromatic carbocycles. The summed E-state index contributed by atoms with van der Waals surface area (Å²) in [7, 11) is 0. The number of rotatable bonds is 5. The molecule has 1 saturated heterocycles. The molecule has 0 unspecified atom stereocenters. The average molecular weight is 306 g/mol. The zero-order valence-electron chi connectivity index (χ0n) is 13.1. The highest BCUT2D eigenvalue weighted by atomic mass is 19.1. The average Bonchev–Trinajstić information content (AvgIpc) is 2.53. The lowest BCUT2D eigenvalue weighted by Gasteiger charge is -2.40. The van der Waals surface area contributed by atoms with E-state index in [-0.39, 0.29) is 17.3 Å². The normalized spacial score (nSPS) is 16.9. The van der Waals surface area contributed by atoms with Gasteiger partial charge in [-0.3, -0.25) is 9.69 Å². The molecular formula is C17H23FN2O2. The van der Waals surface area contributed by atoms with Crippen molar-refractivity contribution in [1.82, 2.24) is 10.2 Å². The number of hydrogen-bond donors (Lipinski definition) is 1. The standard InChI is InChI=1S/C17H23FN2O2/c1-17(2,20-9-11-22-12-10-20)13-19-16(21)8-7-14-5-3-4-6-15(14)18/h3-8H,9-13H2,1-2H3,(H,19,21)/b8-7+. The Kier molecular flexibility index (Phi) is 5.69. The van der Waals surface area contributed by atoms with Gasteiger partial charge in [0.2, 0.25) is 5.91 Å². The Morgan fingerprint density at radius 1 is 1.36 bits per heavy atom. The number of benzene rings is 1. The van der Waals surface area contributed by atoms with Crippen LogP contribution < -0.4 is 5.32 Å². The van der Waals surface area contributed by atoms with Gasteiger partial charge in [-0.1, -0.05) is 18.2 Å². The molecule has 1 fully saturated rings. The van der Waals surface area contributed by atoms with Gasteiger partial charge in [-0.05, 0) is 26.0 Å². The molecule has 1 aromatic rings. The highest BCUT2D eigenvalue weighted by molar-refractivity contribution is 5.91. The van der Waals surface area contributed by atoms with Crippen LogP contribution in [0.2, 0.25) is 0 Å². The summed E-state index contributed by atoms with van der Waals surface area (Å²) < 4.78 is 18.8. The zero-order valence-corrected chi connectivity index (χ0v) is 13.1. The predicted octanol–water partition coefficient (Wildman–Crippen LogP) is 2.07. The van der Waals surface area contributed by atoms with Gasteiger partial charge >= 0.3 is 0 Å². The van der Waals surface area contributed by atoms with Crippen LogP contribution in [0.25, 0.3) is 6.08 Å². The minimum atomic E-state index is -0.333. The van der Waals surface area contributed by atoms with E-state index >= 15 is 0 Å². The summed E-state index contributed by atoms with van der Waals surface area (Å²) in [4.78, 5) is 14.2. The lowest BCUT2D eigenvalue weighted by Crippen LogP contribution is -2.55. The number of halogens is 1. The topological polar surface area (TPSA) is 41.6 Å². The van der Waals surface area contributed by atoms with Gasteiger partial charge in [0.05, 0.1) is 13.2 Å². The van der Waals surface area contributed by atoms with Crippen LogP contribution in [-0.2, 0) is 9.53 Å². The van der Waals surface area contributed by atoms with E-state index in [1.165, 1.54) is 18.2 Å². The second-order valence-corrected chi connectivity index (χ2v) is 5.98. The number of nitrogens with one attached hydrogen (secondary N) is 1. The van der Waals surface area contributed by atoms with Crippen molar-refractivity contribution in [3.05, 3.63) is 41.7 Å². The van der Waals surface area contributed by atoms with Crippen molar-refractivity contribution < 1.29 is 13.9 Å². The number of carbonyl (C=O) groups excluding carboxylic acids is 1. The highest BCUT2D eigenvalue weighted by Gasteiger charge is 2.28. The van der Waals surface area contributed by atoms with E-state index in [0.29, 0.717) is 12.1 Å². The summed E-state index contributed by atoms with van der Waals surface area (Å²) in [6.45, 7) is 7.92. The lowest BCUT2D eigenvalue weighted by atomic mass is 10.0. The molecule has 1 amide bonds. The number of morpholine rings is 1. The van der Waals surface area contributed by atoms with Gasteiger partial charge in [0, 0.05) is 36.8 Å². The fourth-order valence-corrected chi connectivity index (χ4v) is 2.42. The Bertz CT molecular complexity index is 537. The van der Waals surface area contributed by atoms with Gasteiger partial charge in [0.1, 0.15) is 5.82 Å². The molecule has 0 aromatic heterocycles. The van der Waals surface area contributed by atoms with Crippen LogP contribution in [0.4, 0.5) is 4.39 Å². The van der Waals surface area contributed by atoms with Gasteiger partial charge in [0.15, 0.2) is 0 Å². The smallest absolute Gasteiger partial charge is 0.244 e. The van der Waals surface area contributed by atoms with Crippen molar-refractivity contribution in [1.29, 1.82) is 0 Å². The van der Waals surface area contributed by atoms with E-state index in [0.717, 1.165) is 26.3 Å². The molecule has 2 rings (SSSR count). The third-order valence-corrected chi connectivity index (χ3v) is 3.88. The van der Waals surface area contributed by atoms with Crippen LogP contribution in [0.1, 0.15) is 19.4 Å². The molecule has 22 heavy (non-hydrogen) atoms. The Balaban J connectivity index is 1.85. The molecule has 0 aliphatic carbocycles. The SMILES string of the molecule is CC(C)(CNC(=O)/C=C/c1ccccc1F)N1CCOCC1. The van der Waals surface area contributed by atoms with Gasteiger partial charge in [0.25, 0.3) is 0 Å². The molecule has 1 aliphatic rings. The van der Waals surface area contributed by atoms with Crippen LogP contribution in [0.5, 0.6) is 0 Å². The zero-order chi connectivity index (χ0) is 16.0. The predicted molar refractivity (Wildman–Crippen MR) is 84.9 cm³/mol. The fourth-order valence-electron chi connectivity index (χ4n) is 2.42. The minimum Gasteiger partial charge on any atom is -0.379 e. The van der Waals surface area contributed by atoms with Crippen LogP contribution in [0.3, 0.4) is 0 Å². The van der Waals surface area contributed by atoms with Crippen LogP contribution >= 0.6 is 0 Å². The molecule has 4 nitrogen and oxygen atoms in total. The summed E-state index contributed by atoms with van der Waals surface area (Å²) in [5.74, 6) is -0.551. The van der Waals surface area contributed by atoms with Crippen LogP contribution in [0, 0.1) is 5.82 Å². The molecule has 0 atom stereocenters. The van der Waals surface area contributed by atoms with E-state index in [9.17, 15) is 9.18 Å². The summed E-state index contributed by atoms with van der Waals surface area (Å²) >= 11 is 0. The van der Waals surface area contributed by atoms with Crippen molar-refractivity contribution in [3.8, 4) is 0 Å². The van der Waals surface area contributed by atoms with E-state index in [4.69, 9.17) is 4.74 Å². The Hall–Kier alpha value is -1.72. The number of nitrogens with zero attached hydrogens (tertiary/aromatic N) is 1. The monoisotopic (exact) mass is 306 g/mol. The molecule has 0 bridgehead atoms. The summed E-state index contributed by atoms with van der Waals surface area (Å²) in [6, 6.07) is 6.37. The van der Waals surface area contributed by atoms with Crippen LogP contribution in [0.15, 0.2) is 30.3 Å². The first-order valence-corrected chi connectivity index (χ1v) is 7.52. The van der Waals surface area contributed by atoms with E-state index in [1.54, 1.807) is 18.2 Å². The lowest BCUT2D eigenvalue weighted by molar-refractivity contribution is -0.117. The van der Waals surface area contributed by atoms with Crippen molar-refractivity contribution in [3.63, 3.8) is 0 Å². The minimum absolute atomic E-state index is 0.134. The van der Waals surface area contributed by atoms with Crippen molar-refractivity contribution in [2.75, 3.05) is 32.8 Å². The maximum atomic E-state index is 13.5. The van der Waals surface area contributed by atoms with E-state index < -0.39 is 0 Å². The molecule has 0 spiro atoms. The summed E-state index contributed by atoms with van der Waals surface area (Å²) in [6.07, 6.45) is 2.86. The van der Waals surface area contributed by atoms with E-state index in [1.807, 2.05) is 0 Å². The molecule has 0 radical (unpaired) electrons. The van der Waals surface area contributed by atoms with Crippen molar-refractivity contribution >= 4 is 12.0 Å². The second kappa shape index (κ2) is 7.51. The number of carbonyl (C=O) groups is 1. The van der Waals surface area contributed by atoms with Gasteiger partial charge < -0.3 is 10.1 Å². The largest absolute Gasteiger partial charge is 0.379 e. The van der Waals surface area contributed by atoms with E-state index in [2.05, 4.69) is 24.1 Å². The first kappa shape index (κ1) is 16.6. The molecular weight excluding hydrogens is 283 g/mol. The third kappa shape index (κ3) is 4.64. The number of ether oxygens (including phenoxy) is 1. The number of hydrogen-bond acceptors (Lipinski definition) is 3. The van der Waals surface area contributed by atoms with Crippen molar-refractivity contribution in [2.45, 2.75) is 19.4 Å². The quantitative estimate of drug-likeness (QED) is 0.847. The number of amides is 1. The Morgan fingerprint density at radius 3 is 2.73 bits per heavy atom. The first-order chi connectivity index (χ1) is 10.5. The van der Waals surface area contributed by atoms with Gasteiger partial charge in [-0.25, -0.2) is 4.39 Å². The second-order valence-electron chi connectivity index (χ2n) is 5.98. The Morgan fingerprint density at radius 2 is 2.05 bits per heavy atom. The molecule has 1 N–H and O–H groups in total. The molecule has 1 heterocycles. The van der Waals surface area contributed by atoms with Crippen molar-refractivity contribution in [2.24, 2.45) is 0 Å². The summed E-state index contributed by atoms with van der Waals surface area (Å²) in [5.41, 5.74) is 0.274. The maximum absolute atomic E-state index is 13.5. The first-order valence-electron chi connectivity index (χ1n) is 7.52. The van der Waals surface area contributed by atoms with Gasteiger partial charge in [-0.2, -0.15) is 0 Å². The maximum Gasteiger partial charge on any atom is 0.244 e. The highest BCUT2D eigenvalue weighted by Crippen LogP contribution is 2.15. The molecule has 120 valence electrons. The van der Waals surface area contributed by atoms with Crippen LogP contribution in [-0.4, -0.2) is 49.2 Å². The molecule has 1 aliphatic heterocycles. The fraction of sp³-hybridized carbons (Fsp3) is 0.471. The third-order valence-electron chi connectivity index (χ3n) is 3.88. The molecule has 5 heteroatoms. The van der Waals surface area contributed by atoms with Gasteiger partial charge in [-0.15, -0.1) is 0 Å².